The van der Waals surface area contributed by atoms with Crippen LogP contribution < -0.4 is 16.7 Å². The number of nitrogen functional groups attached to an aromatic ring is 1. The summed E-state index contributed by atoms with van der Waals surface area (Å²) in [5.41, 5.74) is 1.12. The maximum absolute atomic E-state index is 11.9. The van der Waals surface area contributed by atoms with Crippen LogP contribution in [0, 0.1) is 0 Å². The number of benzene rings is 1. The van der Waals surface area contributed by atoms with E-state index in [2.05, 4.69) is 15.5 Å². The van der Waals surface area contributed by atoms with Gasteiger partial charge in [-0.1, -0.05) is 44.2 Å². The van der Waals surface area contributed by atoms with E-state index in [1.165, 1.54) is 0 Å². The van der Waals surface area contributed by atoms with E-state index in [9.17, 15) is 4.79 Å². The molecule has 0 radical (unpaired) electrons. The Morgan fingerprint density at radius 2 is 1.95 bits per heavy atom. The third-order valence-electron chi connectivity index (χ3n) is 2.76. The van der Waals surface area contributed by atoms with E-state index in [1.54, 1.807) is 0 Å². The molecule has 0 aliphatic rings. The number of rotatable bonds is 4. The second-order valence-corrected chi connectivity index (χ2v) is 4.58. The van der Waals surface area contributed by atoms with Gasteiger partial charge in [0.1, 0.15) is 5.69 Å². The molecule has 0 amide bonds. The molecule has 0 aliphatic carbocycles. The minimum absolute atomic E-state index is 0.00188. The van der Waals surface area contributed by atoms with Crippen molar-refractivity contribution in [2.45, 2.75) is 26.3 Å². The molecule has 0 saturated heterocycles. The molecule has 0 spiro atoms. The molecule has 2 rings (SSSR count). The summed E-state index contributed by atoms with van der Waals surface area (Å²) < 4.78 is 1.01. The van der Waals surface area contributed by atoms with Crippen LogP contribution in [0.25, 0.3) is 0 Å². The van der Waals surface area contributed by atoms with Crippen molar-refractivity contribution in [1.29, 1.82) is 0 Å². The highest BCUT2D eigenvalue weighted by Crippen LogP contribution is 2.07. The highest BCUT2D eigenvalue weighted by atomic mass is 16.1. The zero-order chi connectivity index (χ0) is 13.8. The van der Waals surface area contributed by atoms with E-state index in [0.29, 0.717) is 12.2 Å². The molecule has 6 nitrogen and oxygen atoms in total. The molecule has 0 atom stereocenters. The molecule has 0 aliphatic heterocycles. The number of hydrogen-bond acceptors (Lipinski definition) is 5. The molecular formula is C13H17N5O. The van der Waals surface area contributed by atoms with Gasteiger partial charge in [0.15, 0.2) is 0 Å². The van der Waals surface area contributed by atoms with Gasteiger partial charge in [0.2, 0.25) is 5.95 Å². The lowest BCUT2D eigenvalue weighted by molar-refractivity contribution is 0.711. The van der Waals surface area contributed by atoms with Gasteiger partial charge in [0.25, 0.3) is 5.56 Å². The van der Waals surface area contributed by atoms with Crippen LogP contribution in [0.3, 0.4) is 0 Å². The molecule has 6 heteroatoms. The van der Waals surface area contributed by atoms with Gasteiger partial charge in [-0.15, -0.1) is 10.2 Å². The van der Waals surface area contributed by atoms with Crippen LogP contribution in [0.4, 0.5) is 5.95 Å². The lowest BCUT2D eigenvalue weighted by Crippen LogP contribution is -2.34. The van der Waals surface area contributed by atoms with Crippen LogP contribution in [0.1, 0.15) is 31.0 Å². The molecule has 2 aromatic rings. The van der Waals surface area contributed by atoms with E-state index < -0.39 is 0 Å². The maximum atomic E-state index is 11.9. The van der Waals surface area contributed by atoms with E-state index in [-0.39, 0.29) is 17.4 Å². The first-order valence-corrected chi connectivity index (χ1v) is 6.12. The lowest BCUT2D eigenvalue weighted by atomic mass is 10.1. The predicted octanol–water partition coefficient (Wildman–Crippen LogP) is 1.09. The summed E-state index contributed by atoms with van der Waals surface area (Å²) in [5, 5.41) is 10.9. The fraction of sp³-hybridized carbons (Fsp3) is 0.308. The third-order valence-corrected chi connectivity index (χ3v) is 2.76. The van der Waals surface area contributed by atoms with Crippen LogP contribution in [-0.2, 0) is 6.54 Å². The summed E-state index contributed by atoms with van der Waals surface area (Å²) in [6.45, 7) is 4.29. The molecule has 3 N–H and O–H groups in total. The van der Waals surface area contributed by atoms with E-state index in [1.807, 2.05) is 44.2 Å². The average molecular weight is 259 g/mol. The second-order valence-electron chi connectivity index (χ2n) is 4.58. The van der Waals surface area contributed by atoms with Crippen molar-refractivity contribution in [1.82, 2.24) is 14.9 Å². The topological polar surface area (TPSA) is 85.8 Å². The van der Waals surface area contributed by atoms with Gasteiger partial charge in [0.05, 0.1) is 0 Å². The quantitative estimate of drug-likeness (QED) is 0.803. The molecule has 100 valence electrons. The number of hydrogen-bond donors (Lipinski definition) is 2. The Labute approximate surface area is 111 Å². The molecule has 19 heavy (non-hydrogen) atoms. The fourth-order valence-electron chi connectivity index (χ4n) is 1.67. The summed E-state index contributed by atoms with van der Waals surface area (Å²) >= 11 is 0. The van der Waals surface area contributed by atoms with Gasteiger partial charge in [-0.05, 0) is 5.56 Å². The zero-order valence-corrected chi connectivity index (χ0v) is 11.0. The van der Waals surface area contributed by atoms with Crippen LogP contribution in [-0.4, -0.2) is 14.9 Å². The molecule has 1 aromatic carbocycles. The Balaban J connectivity index is 2.18. The summed E-state index contributed by atoms with van der Waals surface area (Å²) in [5.74, 6) is 5.98. The average Bonchev–Trinajstić information content (AvgIpc) is 2.41. The largest absolute Gasteiger partial charge is 0.349 e. The van der Waals surface area contributed by atoms with Gasteiger partial charge < -0.3 is 11.2 Å². The van der Waals surface area contributed by atoms with E-state index in [0.717, 1.165) is 10.2 Å². The molecule has 0 saturated carbocycles. The van der Waals surface area contributed by atoms with Crippen molar-refractivity contribution in [3.8, 4) is 0 Å². The first-order chi connectivity index (χ1) is 9.09. The maximum Gasteiger partial charge on any atom is 0.295 e. The SMILES string of the molecule is CC(C)c1nnc(NCc2ccccc2)n(N)c1=O. The minimum atomic E-state index is -0.319. The highest BCUT2D eigenvalue weighted by molar-refractivity contribution is 5.28. The number of anilines is 1. The monoisotopic (exact) mass is 259 g/mol. The van der Waals surface area contributed by atoms with Crippen molar-refractivity contribution >= 4 is 5.95 Å². The van der Waals surface area contributed by atoms with Gasteiger partial charge >= 0.3 is 0 Å². The second kappa shape index (κ2) is 5.51. The lowest BCUT2D eigenvalue weighted by Gasteiger charge is -2.11. The summed E-state index contributed by atoms with van der Waals surface area (Å²) in [6.07, 6.45) is 0. The Morgan fingerprint density at radius 3 is 2.58 bits per heavy atom. The van der Waals surface area contributed by atoms with Gasteiger partial charge in [0, 0.05) is 12.5 Å². The Morgan fingerprint density at radius 1 is 1.26 bits per heavy atom. The molecule has 0 bridgehead atoms. The predicted molar refractivity (Wildman–Crippen MR) is 74.3 cm³/mol. The third kappa shape index (κ3) is 2.90. The summed E-state index contributed by atoms with van der Waals surface area (Å²) in [4.78, 5) is 11.9. The van der Waals surface area contributed by atoms with Crippen LogP contribution >= 0.6 is 0 Å². The minimum Gasteiger partial charge on any atom is -0.349 e. The van der Waals surface area contributed by atoms with Gasteiger partial charge in [-0.3, -0.25) is 4.79 Å². The summed E-state index contributed by atoms with van der Waals surface area (Å²) in [6, 6.07) is 9.78. The Kier molecular flexibility index (Phi) is 3.79. The molecular weight excluding hydrogens is 242 g/mol. The number of nitrogens with zero attached hydrogens (tertiary/aromatic N) is 3. The summed E-state index contributed by atoms with van der Waals surface area (Å²) in [7, 11) is 0. The molecule has 0 fully saturated rings. The van der Waals surface area contributed by atoms with E-state index in [4.69, 9.17) is 5.84 Å². The number of aromatic nitrogens is 3. The van der Waals surface area contributed by atoms with Gasteiger partial charge in [-0.2, -0.15) is 4.68 Å². The Hall–Kier alpha value is -2.37. The molecule has 1 aromatic heterocycles. The highest BCUT2D eigenvalue weighted by Gasteiger charge is 2.12. The standard InChI is InChI=1S/C13H17N5O/c1-9(2)11-12(19)18(14)13(17-16-11)15-8-10-6-4-3-5-7-10/h3-7,9H,8,14H2,1-2H3,(H,15,17). The van der Waals surface area contributed by atoms with Crippen LogP contribution in [0.2, 0.25) is 0 Å². The first kappa shape index (κ1) is 13.1. The van der Waals surface area contributed by atoms with Crippen molar-refractivity contribution in [3.05, 3.63) is 51.9 Å². The first-order valence-electron chi connectivity index (χ1n) is 6.12. The normalized spacial score (nSPS) is 10.7. The number of nitrogens with two attached hydrogens (primary N) is 1. The number of nitrogens with one attached hydrogen (secondary N) is 1. The van der Waals surface area contributed by atoms with Crippen molar-refractivity contribution in [3.63, 3.8) is 0 Å². The fourth-order valence-corrected chi connectivity index (χ4v) is 1.67. The van der Waals surface area contributed by atoms with Gasteiger partial charge in [-0.25, -0.2) is 0 Å². The van der Waals surface area contributed by atoms with Crippen LogP contribution in [0.5, 0.6) is 0 Å². The molecule has 1 heterocycles. The molecule has 0 unspecified atom stereocenters. The Bertz CT molecular complexity index is 606. The van der Waals surface area contributed by atoms with Crippen molar-refractivity contribution in [2.24, 2.45) is 0 Å². The smallest absolute Gasteiger partial charge is 0.295 e. The van der Waals surface area contributed by atoms with Crippen LogP contribution in [0.15, 0.2) is 35.1 Å². The zero-order valence-electron chi connectivity index (χ0n) is 11.0. The van der Waals surface area contributed by atoms with Crippen molar-refractivity contribution < 1.29 is 0 Å². The van der Waals surface area contributed by atoms with Crippen molar-refractivity contribution in [2.75, 3.05) is 11.2 Å². The van der Waals surface area contributed by atoms with E-state index >= 15 is 0 Å².